The molecule has 140 valence electrons. The van der Waals surface area contributed by atoms with Crippen molar-refractivity contribution >= 4 is 16.8 Å². The van der Waals surface area contributed by atoms with E-state index in [1.807, 2.05) is 32.0 Å². The molecule has 0 atom stereocenters. The molecule has 2 aromatic carbocycles. The number of amides is 1. The van der Waals surface area contributed by atoms with Gasteiger partial charge in [-0.15, -0.1) is 0 Å². The Labute approximate surface area is 157 Å². The fourth-order valence-electron chi connectivity index (χ4n) is 3.09. The maximum absolute atomic E-state index is 12.9. The average molecular weight is 366 g/mol. The molecule has 0 radical (unpaired) electrons. The van der Waals surface area contributed by atoms with Crippen LogP contribution in [0.4, 0.5) is 4.39 Å². The number of aryl methyl sites for hydroxylation is 3. The maximum Gasteiger partial charge on any atom is 0.251 e. The summed E-state index contributed by atoms with van der Waals surface area (Å²) in [4.78, 5) is 27.3. The summed E-state index contributed by atoms with van der Waals surface area (Å²) in [7, 11) is 0. The van der Waals surface area contributed by atoms with E-state index in [1.54, 1.807) is 12.1 Å². The average Bonchev–Trinajstić information content (AvgIpc) is 2.65. The lowest BCUT2D eigenvalue weighted by atomic mass is 10.0. The van der Waals surface area contributed by atoms with Crippen LogP contribution in [0, 0.1) is 19.7 Å². The normalized spacial score (nSPS) is 10.9. The molecule has 3 aromatic rings. The first-order chi connectivity index (χ1) is 12.9. The fourth-order valence-corrected chi connectivity index (χ4v) is 3.09. The van der Waals surface area contributed by atoms with E-state index in [-0.39, 0.29) is 17.3 Å². The van der Waals surface area contributed by atoms with E-state index < -0.39 is 0 Å². The summed E-state index contributed by atoms with van der Waals surface area (Å²) >= 11 is 0. The molecule has 0 bridgehead atoms. The minimum Gasteiger partial charge on any atom is -0.356 e. The number of halogens is 1. The summed E-state index contributed by atoms with van der Waals surface area (Å²) in [6.45, 7) is 4.42. The van der Waals surface area contributed by atoms with E-state index in [9.17, 15) is 14.0 Å². The van der Waals surface area contributed by atoms with E-state index in [0.717, 1.165) is 27.6 Å². The van der Waals surface area contributed by atoms with Gasteiger partial charge in [0, 0.05) is 18.5 Å². The third-order valence-corrected chi connectivity index (χ3v) is 4.90. The predicted molar refractivity (Wildman–Crippen MR) is 105 cm³/mol. The quantitative estimate of drug-likeness (QED) is 0.700. The smallest absolute Gasteiger partial charge is 0.251 e. The van der Waals surface area contributed by atoms with Gasteiger partial charge in [0.05, 0.1) is 5.52 Å². The lowest BCUT2D eigenvalue weighted by Gasteiger charge is -2.09. The van der Waals surface area contributed by atoms with Gasteiger partial charge < -0.3 is 10.3 Å². The molecule has 1 aromatic heterocycles. The number of hydrogen-bond donors (Lipinski definition) is 2. The maximum atomic E-state index is 12.9. The van der Waals surface area contributed by atoms with Crippen molar-refractivity contribution in [3.63, 3.8) is 0 Å². The van der Waals surface area contributed by atoms with Crippen molar-refractivity contribution in [2.24, 2.45) is 0 Å². The van der Waals surface area contributed by atoms with Crippen molar-refractivity contribution in [2.75, 3.05) is 6.54 Å². The Morgan fingerprint density at radius 1 is 1.07 bits per heavy atom. The van der Waals surface area contributed by atoms with Gasteiger partial charge in [0.25, 0.3) is 5.56 Å². The monoisotopic (exact) mass is 366 g/mol. The second kappa shape index (κ2) is 8.16. The highest BCUT2D eigenvalue weighted by Crippen LogP contribution is 2.18. The highest BCUT2D eigenvalue weighted by molar-refractivity contribution is 5.83. The predicted octanol–water partition coefficient (Wildman–Crippen LogP) is 3.58. The van der Waals surface area contributed by atoms with Crippen molar-refractivity contribution < 1.29 is 9.18 Å². The highest BCUT2D eigenvalue weighted by atomic mass is 19.1. The molecule has 0 aliphatic heterocycles. The lowest BCUT2D eigenvalue weighted by molar-refractivity contribution is -0.121. The fraction of sp³-hybridized carbons (Fsp3) is 0.273. The summed E-state index contributed by atoms with van der Waals surface area (Å²) in [5, 5.41) is 3.84. The van der Waals surface area contributed by atoms with Crippen LogP contribution >= 0.6 is 0 Å². The van der Waals surface area contributed by atoms with E-state index >= 15 is 0 Å². The number of benzene rings is 2. The molecular formula is C22H23FN2O2. The number of aromatic amines is 1. The van der Waals surface area contributed by atoms with Crippen LogP contribution in [0.3, 0.4) is 0 Å². The second-order valence-electron chi connectivity index (χ2n) is 6.82. The minimum atomic E-state index is -0.283. The zero-order valence-corrected chi connectivity index (χ0v) is 15.6. The molecule has 0 saturated heterocycles. The second-order valence-corrected chi connectivity index (χ2v) is 6.82. The van der Waals surface area contributed by atoms with Crippen LogP contribution in [0.2, 0.25) is 0 Å². The number of H-pyrrole nitrogens is 1. The molecule has 27 heavy (non-hydrogen) atoms. The molecular weight excluding hydrogens is 343 g/mol. The summed E-state index contributed by atoms with van der Waals surface area (Å²) in [6.07, 6.45) is 1.36. The number of aromatic nitrogens is 1. The molecule has 0 aliphatic carbocycles. The molecule has 2 N–H and O–H groups in total. The number of fused-ring (bicyclic) bond motifs is 1. The summed E-state index contributed by atoms with van der Waals surface area (Å²) in [5.41, 5.74) is 4.54. The standard InChI is InChI=1S/C22H23FN2O2/c1-14-3-7-17-13-18(22(27)25-21(17)15(14)2)11-12-24-20(26)10-6-16-4-8-19(23)9-5-16/h3-5,7-9,13H,6,10-12H2,1-2H3,(H,24,26)(H,25,27). The number of hydrogen-bond acceptors (Lipinski definition) is 2. The first kappa shape index (κ1) is 18.8. The van der Waals surface area contributed by atoms with Crippen molar-refractivity contribution in [1.29, 1.82) is 0 Å². The van der Waals surface area contributed by atoms with Gasteiger partial charge in [-0.2, -0.15) is 0 Å². The molecule has 0 unspecified atom stereocenters. The van der Waals surface area contributed by atoms with Gasteiger partial charge in [0.15, 0.2) is 0 Å². The van der Waals surface area contributed by atoms with Gasteiger partial charge in [0.2, 0.25) is 5.91 Å². The number of carbonyl (C=O) groups excluding carboxylic acids is 1. The van der Waals surface area contributed by atoms with Gasteiger partial charge in [-0.25, -0.2) is 4.39 Å². The highest BCUT2D eigenvalue weighted by Gasteiger charge is 2.08. The Morgan fingerprint density at radius 3 is 2.56 bits per heavy atom. The van der Waals surface area contributed by atoms with E-state index in [1.165, 1.54) is 12.1 Å². The molecule has 4 nitrogen and oxygen atoms in total. The summed E-state index contributed by atoms with van der Waals surface area (Å²) < 4.78 is 12.9. The summed E-state index contributed by atoms with van der Waals surface area (Å²) in [5.74, 6) is -0.364. The number of carbonyl (C=O) groups is 1. The van der Waals surface area contributed by atoms with Crippen LogP contribution in [-0.2, 0) is 17.6 Å². The van der Waals surface area contributed by atoms with Gasteiger partial charge in [-0.3, -0.25) is 9.59 Å². The minimum absolute atomic E-state index is 0.0805. The SMILES string of the molecule is Cc1ccc2cc(CCNC(=O)CCc3ccc(F)cc3)c(=O)[nH]c2c1C. The zero-order valence-electron chi connectivity index (χ0n) is 15.6. The largest absolute Gasteiger partial charge is 0.356 e. The Balaban J connectivity index is 1.56. The van der Waals surface area contributed by atoms with Gasteiger partial charge in [-0.05, 0) is 67.0 Å². The summed E-state index contributed by atoms with van der Waals surface area (Å²) in [6, 6.07) is 12.1. The van der Waals surface area contributed by atoms with Crippen molar-refractivity contribution in [1.82, 2.24) is 10.3 Å². The molecule has 1 heterocycles. The first-order valence-corrected chi connectivity index (χ1v) is 9.07. The molecule has 5 heteroatoms. The first-order valence-electron chi connectivity index (χ1n) is 9.07. The molecule has 0 saturated carbocycles. The number of nitrogens with one attached hydrogen (secondary N) is 2. The van der Waals surface area contributed by atoms with Crippen molar-refractivity contribution in [2.45, 2.75) is 33.1 Å². The van der Waals surface area contributed by atoms with Gasteiger partial charge >= 0.3 is 0 Å². The molecule has 0 fully saturated rings. The van der Waals surface area contributed by atoms with E-state index in [4.69, 9.17) is 0 Å². The Morgan fingerprint density at radius 2 is 1.81 bits per heavy atom. The molecule has 0 spiro atoms. The van der Waals surface area contributed by atoms with Gasteiger partial charge in [0.1, 0.15) is 5.82 Å². The Kier molecular flexibility index (Phi) is 5.69. The Hall–Kier alpha value is -2.95. The topological polar surface area (TPSA) is 62.0 Å². The molecule has 1 amide bonds. The third kappa shape index (κ3) is 4.61. The number of rotatable bonds is 6. The van der Waals surface area contributed by atoms with Crippen LogP contribution in [0.25, 0.3) is 10.9 Å². The molecule has 3 rings (SSSR count). The third-order valence-electron chi connectivity index (χ3n) is 4.90. The van der Waals surface area contributed by atoms with Crippen molar-refractivity contribution in [3.8, 4) is 0 Å². The van der Waals surface area contributed by atoms with Crippen LogP contribution in [0.5, 0.6) is 0 Å². The van der Waals surface area contributed by atoms with Crippen LogP contribution in [0.15, 0.2) is 47.3 Å². The van der Waals surface area contributed by atoms with Crippen LogP contribution in [0.1, 0.15) is 28.7 Å². The van der Waals surface area contributed by atoms with E-state index in [0.29, 0.717) is 31.4 Å². The van der Waals surface area contributed by atoms with E-state index in [2.05, 4.69) is 10.3 Å². The van der Waals surface area contributed by atoms with Crippen LogP contribution < -0.4 is 10.9 Å². The number of pyridine rings is 1. The van der Waals surface area contributed by atoms with Crippen molar-refractivity contribution in [3.05, 3.63) is 80.9 Å². The Bertz CT molecular complexity index is 1020. The van der Waals surface area contributed by atoms with Crippen LogP contribution in [-0.4, -0.2) is 17.4 Å². The van der Waals surface area contributed by atoms with Gasteiger partial charge in [-0.1, -0.05) is 24.3 Å². The molecule has 0 aliphatic rings. The lowest BCUT2D eigenvalue weighted by Crippen LogP contribution is -2.27. The zero-order chi connectivity index (χ0) is 19.4.